The molecule has 0 aliphatic carbocycles. The molecule has 0 N–H and O–H groups in total. The molecule has 25 heavy (non-hydrogen) atoms. The van der Waals surface area contributed by atoms with E-state index in [1.54, 1.807) is 33.5 Å². The molecular weight excluding hydrogens is 364 g/mol. The normalized spacial score (nSPS) is 11.0. The van der Waals surface area contributed by atoms with E-state index in [0.29, 0.717) is 11.1 Å². The number of carbonyl (C=O) groups excluding carboxylic acids is 2. The van der Waals surface area contributed by atoms with Gasteiger partial charge in [-0.05, 0) is 0 Å². The molecule has 0 spiro atoms. The van der Waals surface area contributed by atoms with Gasteiger partial charge in [0, 0.05) is 0 Å². The van der Waals surface area contributed by atoms with Crippen molar-refractivity contribution in [2.45, 2.75) is 11.1 Å². The van der Waals surface area contributed by atoms with Crippen LogP contribution in [0, 0.1) is 0 Å². The third-order valence-electron chi connectivity index (χ3n) is 3.49. The Morgan fingerprint density at radius 2 is 1.52 bits per heavy atom. The molecule has 0 aliphatic rings. The summed E-state index contributed by atoms with van der Waals surface area (Å²) in [7, 11) is 4.64. The van der Waals surface area contributed by atoms with Crippen LogP contribution in [0.15, 0.2) is 36.9 Å². The molecule has 0 bridgehead atoms. The van der Waals surface area contributed by atoms with E-state index in [-0.39, 0.29) is 24.3 Å². The summed E-state index contributed by atoms with van der Waals surface area (Å²) in [5.74, 6) is -1.18. The zero-order chi connectivity index (χ0) is 18.7. The topological polar surface area (TPSA) is 80.3 Å². The molecule has 1 aromatic rings. The average molecular weight is 388 g/mol. The van der Waals surface area contributed by atoms with Gasteiger partial charge < -0.3 is 0 Å². The van der Waals surface area contributed by atoms with E-state index in [4.69, 9.17) is 19.4 Å². The predicted octanol–water partition coefficient (Wildman–Crippen LogP) is 2.83. The van der Waals surface area contributed by atoms with Crippen molar-refractivity contribution in [3.05, 3.63) is 48.0 Å². The molecule has 0 amide bonds. The Morgan fingerprint density at radius 1 is 1.00 bits per heavy atom. The third-order valence-corrected chi connectivity index (χ3v) is 7.91. The van der Waals surface area contributed by atoms with E-state index in [1.165, 1.54) is 18.2 Å². The molecular formula is C17H24O7Ti. The maximum atomic E-state index is 12.2. The van der Waals surface area contributed by atoms with E-state index < -0.39 is 29.7 Å². The first-order chi connectivity index (χ1) is 12.0. The maximum absolute atomic E-state index is 12.2. The fourth-order valence-electron chi connectivity index (χ4n) is 2.14. The van der Waals surface area contributed by atoms with Crippen LogP contribution in [-0.4, -0.2) is 46.5 Å². The van der Waals surface area contributed by atoms with Crippen LogP contribution in [-0.2, 0) is 37.2 Å². The number of carbonyl (C=O) groups is 2. The van der Waals surface area contributed by atoms with Crippen molar-refractivity contribution in [2.75, 3.05) is 34.5 Å². The quantitative estimate of drug-likeness (QED) is 0.250. The fraction of sp³-hybridized carbons (Fsp3) is 0.412. The average Bonchev–Trinajstić information content (AvgIpc) is 2.66. The number of esters is 2. The zero-order valence-electron chi connectivity index (χ0n) is 14.8. The van der Waals surface area contributed by atoms with Gasteiger partial charge in [-0.2, -0.15) is 0 Å². The molecule has 8 heteroatoms. The number of benzene rings is 1. The van der Waals surface area contributed by atoms with Crippen molar-refractivity contribution in [3.63, 3.8) is 0 Å². The number of ether oxygens (including phenoxy) is 2. The van der Waals surface area contributed by atoms with Gasteiger partial charge in [0.25, 0.3) is 0 Å². The first-order valence-electron chi connectivity index (χ1n) is 7.73. The summed E-state index contributed by atoms with van der Waals surface area (Å²) < 4.78 is 26.8. The second kappa shape index (κ2) is 11.2. The van der Waals surface area contributed by atoms with Crippen molar-refractivity contribution in [2.24, 2.45) is 0 Å². The summed E-state index contributed by atoms with van der Waals surface area (Å²) in [6.07, 6.45) is 1.99. The van der Waals surface area contributed by atoms with Gasteiger partial charge >= 0.3 is 152 Å². The summed E-state index contributed by atoms with van der Waals surface area (Å²) in [6, 6.07) is 6.35. The van der Waals surface area contributed by atoms with Crippen molar-refractivity contribution >= 4 is 11.9 Å². The molecule has 0 fully saturated rings. The van der Waals surface area contributed by atoms with Crippen LogP contribution in [0.2, 0.25) is 4.73 Å². The first kappa shape index (κ1) is 21.5. The van der Waals surface area contributed by atoms with Gasteiger partial charge in [0.15, 0.2) is 0 Å². The van der Waals surface area contributed by atoms with Gasteiger partial charge in [0.2, 0.25) is 0 Å². The van der Waals surface area contributed by atoms with Crippen LogP contribution >= 0.6 is 0 Å². The van der Waals surface area contributed by atoms with Gasteiger partial charge in [-0.3, -0.25) is 0 Å². The summed E-state index contributed by atoms with van der Waals surface area (Å²) in [4.78, 5) is 24.2. The van der Waals surface area contributed by atoms with Crippen molar-refractivity contribution in [1.29, 1.82) is 0 Å². The van der Waals surface area contributed by atoms with Gasteiger partial charge in [0.05, 0.1) is 0 Å². The van der Waals surface area contributed by atoms with Crippen LogP contribution in [0.3, 0.4) is 0 Å². The molecule has 0 aliphatic heterocycles. The number of hydrogen-bond acceptors (Lipinski definition) is 7. The Labute approximate surface area is 152 Å². The van der Waals surface area contributed by atoms with E-state index in [1.807, 2.05) is 0 Å². The third kappa shape index (κ3) is 6.38. The Hall–Kier alpha value is -1.51. The monoisotopic (exact) mass is 388 g/mol. The summed E-state index contributed by atoms with van der Waals surface area (Å²) in [5, 5.41) is 0. The molecule has 0 atom stereocenters. The first-order valence-corrected chi connectivity index (χ1v) is 10.7. The van der Waals surface area contributed by atoms with Crippen LogP contribution in [0.5, 0.6) is 0 Å². The second-order valence-corrected chi connectivity index (χ2v) is 9.79. The van der Waals surface area contributed by atoms with E-state index in [2.05, 4.69) is 6.58 Å². The molecule has 1 rings (SSSR count). The van der Waals surface area contributed by atoms with Gasteiger partial charge in [-0.1, -0.05) is 0 Å². The van der Waals surface area contributed by atoms with Crippen molar-refractivity contribution in [1.82, 2.24) is 0 Å². The number of hydrogen-bond donors (Lipinski definition) is 0. The Kier molecular flexibility index (Phi) is 9.63. The van der Waals surface area contributed by atoms with Crippen molar-refractivity contribution in [3.8, 4) is 0 Å². The van der Waals surface area contributed by atoms with E-state index in [0.717, 1.165) is 0 Å². The van der Waals surface area contributed by atoms with Crippen LogP contribution in [0.1, 0.15) is 27.1 Å². The summed E-state index contributed by atoms with van der Waals surface area (Å²) in [6.45, 7) is 3.72. The van der Waals surface area contributed by atoms with E-state index in [9.17, 15) is 9.59 Å². The van der Waals surface area contributed by atoms with E-state index >= 15 is 0 Å². The summed E-state index contributed by atoms with van der Waals surface area (Å²) >= 11 is -3.22. The minimum absolute atomic E-state index is 0.0710. The van der Waals surface area contributed by atoms with Gasteiger partial charge in [0.1, 0.15) is 0 Å². The number of rotatable bonds is 11. The molecule has 138 valence electrons. The fourth-order valence-corrected chi connectivity index (χ4v) is 4.78. The molecule has 0 radical (unpaired) electrons. The SMILES string of the molecule is C=CCOC(=O)c1ccccc1C(=O)OCC[CH2][Ti]([O]C)([O]C)[O]C. The van der Waals surface area contributed by atoms with Crippen LogP contribution in [0.25, 0.3) is 0 Å². The molecule has 0 aromatic heterocycles. The van der Waals surface area contributed by atoms with Crippen LogP contribution in [0.4, 0.5) is 0 Å². The minimum atomic E-state index is -3.22. The molecule has 0 saturated carbocycles. The molecule has 7 nitrogen and oxygen atoms in total. The second-order valence-electron chi connectivity index (χ2n) is 4.97. The Balaban J connectivity index is 2.64. The van der Waals surface area contributed by atoms with Crippen molar-refractivity contribution < 1.29 is 46.8 Å². The Bertz CT molecular complexity index is 576. The molecule has 0 unspecified atom stereocenters. The molecule has 0 heterocycles. The Morgan fingerprint density at radius 3 is 2.00 bits per heavy atom. The predicted molar refractivity (Wildman–Crippen MR) is 87.7 cm³/mol. The van der Waals surface area contributed by atoms with Crippen LogP contribution < -0.4 is 0 Å². The van der Waals surface area contributed by atoms with Gasteiger partial charge in [-0.15, -0.1) is 0 Å². The molecule has 0 saturated heterocycles. The standard InChI is InChI=1S/C14H15O4.3CH3O.Ti/c1-3-9-17-13(15)11-7-5-6-8-12(11)14(16)18-10-4-2;3*1-2;/h3,5-8H,1-2,4,9-10H2;3*1H3;/q;3*-1;+3. The van der Waals surface area contributed by atoms with Gasteiger partial charge in [-0.25, -0.2) is 0 Å². The summed E-state index contributed by atoms with van der Waals surface area (Å²) in [5.41, 5.74) is 0.321. The zero-order valence-corrected chi connectivity index (χ0v) is 16.3. The molecule has 1 aromatic carbocycles.